The average molecular weight is 442 g/mol. The summed E-state index contributed by atoms with van der Waals surface area (Å²) in [6.07, 6.45) is 7.91. The second kappa shape index (κ2) is 8.46. The van der Waals surface area contributed by atoms with Gasteiger partial charge >= 0.3 is 5.69 Å². The van der Waals surface area contributed by atoms with Crippen molar-refractivity contribution in [2.24, 2.45) is 14.1 Å². The minimum Gasteiger partial charge on any atom is -0.280 e. The second-order valence-electron chi connectivity index (χ2n) is 7.68. The molecule has 31 heavy (non-hydrogen) atoms. The lowest BCUT2D eigenvalue weighted by Crippen LogP contribution is -2.41. The predicted octanol–water partition coefficient (Wildman–Crippen LogP) is 1.43. The standard InChI is InChI=1S/C21H23N5O4S/c1-25-17-14(20(29)26(2)21(25)30)9-13(11-22-17)18(27)23-24-19(28)16-10-12-7-5-3-4-6-8-15(12)31-16/h9-11H,3-8H2,1-2H3,(H,23,27)(H,24,28). The van der Waals surface area contributed by atoms with Crippen LogP contribution in [0.3, 0.4) is 0 Å². The number of pyridine rings is 1. The van der Waals surface area contributed by atoms with Gasteiger partial charge in [0.15, 0.2) is 0 Å². The fourth-order valence-electron chi connectivity index (χ4n) is 3.79. The van der Waals surface area contributed by atoms with Crippen LogP contribution in [0.5, 0.6) is 0 Å². The third kappa shape index (κ3) is 4.02. The molecule has 0 unspecified atom stereocenters. The van der Waals surface area contributed by atoms with Crippen LogP contribution in [-0.2, 0) is 26.9 Å². The van der Waals surface area contributed by atoms with E-state index in [-0.39, 0.29) is 22.5 Å². The van der Waals surface area contributed by atoms with Crippen molar-refractivity contribution in [3.05, 3.63) is 60.0 Å². The molecule has 0 atom stereocenters. The van der Waals surface area contributed by atoms with E-state index in [9.17, 15) is 19.2 Å². The smallest absolute Gasteiger partial charge is 0.280 e. The first-order valence-corrected chi connectivity index (χ1v) is 11.0. The summed E-state index contributed by atoms with van der Waals surface area (Å²) in [5, 5.41) is 0.140. The van der Waals surface area contributed by atoms with Crippen molar-refractivity contribution in [1.82, 2.24) is 25.0 Å². The Hall–Kier alpha value is -3.27. The van der Waals surface area contributed by atoms with Crippen LogP contribution in [-0.4, -0.2) is 25.9 Å². The third-order valence-electron chi connectivity index (χ3n) is 5.57. The number of aryl methyl sites for hydroxylation is 3. The van der Waals surface area contributed by atoms with Gasteiger partial charge in [0.1, 0.15) is 5.65 Å². The number of rotatable bonds is 2. The fraction of sp³-hybridized carbons (Fsp3) is 0.381. The highest BCUT2D eigenvalue weighted by Gasteiger charge is 2.18. The molecule has 0 saturated carbocycles. The fourth-order valence-corrected chi connectivity index (χ4v) is 4.94. The Labute approximate surface area is 181 Å². The lowest BCUT2D eigenvalue weighted by atomic mass is 10.00. The van der Waals surface area contributed by atoms with Crippen molar-refractivity contribution in [2.45, 2.75) is 38.5 Å². The largest absolute Gasteiger partial charge is 0.332 e. The zero-order chi connectivity index (χ0) is 22.1. The number of hydrazine groups is 1. The molecule has 1 aliphatic carbocycles. The van der Waals surface area contributed by atoms with Crippen LogP contribution in [0.15, 0.2) is 27.9 Å². The Morgan fingerprint density at radius 1 is 0.968 bits per heavy atom. The van der Waals surface area contributed by atoms with Crippen LogP contribution >= 0.6 is 11.3 Å². The molecule has 0 aliphatic heterocycles. The van der Waals surface area contributed by atoms with Gasteiger partial charge in [0.25, 0.3) is 17.4 Å². The highest BCUT2D eigenvalue weighted by Crippen LogP contribution is 2.28. The van der Waals surface area contributed by atoms with Crippen LogP contribution in [0.25, 0.3) is 11.0 Å². The maximum absolute atomic E-state index is 12.5. The number of fused-ring (bicyclic) bond motifs is 2. The third-order valence-corrected chi connectivity index (χ3v) is 6.80. The monoisotopic (exact) mass is 441 g/mol. The van der Waals surface area contributed by atoms with E-state index < -0.39 is 17.2 Å². The van der Waals surface area contributed by atoms with Crippen LogP contribution in [0.1, 0.15) is 56.2 Å². The molecule has 10 heteroatoms. The number of nitrogens with one attached hydrogen (secondary N) is 2. The lowest BCUT2D eigenvalue weighted by molar-refractivity contribution is 0.0848. The molecule has 0 fully saturated rings. The first kappa shape index (κ1) is 21.0. The summed E-state index contributed by atoms with van der Waals surface area (Å²) in [4.78, 5) is 55.3. The first-order valence-electron chi connectivity index (χ1n) is 10.1. The molecule has 3 heterocycles. The molecule has 3 aromatic heterocycles. The van der Waals surface area contributed by atoms with Crippen LogP contribution in [0.2, 0.25) is 0 Å². The second-order valence-corrected chi connectivity index (χ2v) is 8.82. The summed E-state index contributed by atoms with van der Waals surface area (Å²) < 4.78 is 2.19. The van der Waals surface area contributed by atoms with Gasteiger partial charge in [-0.1, -0.05) is 12.8 Å². The molecule has 162 valence electrons. The molecule has 0 spiro atoms. The number of carbonyl (C=O) groups excluding carboxylic acids is 2. The highest BCUT2D eigenvalue weighted by molar-refractivity contribution is 7.14. The zero-order valence-electron chi connectivity index (χ0n) is 17.4. The maximum Gasteiger partial charge on any atom is 0.332 e. The number of nitrogens with zero attached hydrogens (tertiary/aromatic N) is 3. The van der Waals surface area contributed by atoms with E-state index in [0.717, 1.165) is 30.3 Å². The van der Waals surface area contributed by atoms with Crippen LogP contribution < -0.4 is 22.1 Å². The number of amides is 2. The van der Waals surface area contributed by atoms with E-state index in [1.807, 2.05) is 6.07 Å². The van der Waals surface area contributed by atoms with Crippen LogP contribution in [0.4, 0.5) is 0 Å². The molecule has 0 saturated heterocycles. The number of hydrogen-bond acceptors (Lipinski definition) is 6. The Balaban J connectivity index is 1.50. The Morgan fingerprint density at radius 2 is 1.68 bits per heavy atom. The van der Waals surface area contributed by atoms with Gasteiger partial charge in [-0.05, 0) is 43.4 Å². The van der Waals surface area contributed by atoms with Crippen molar-refractivity contribution >= 4 is 34.2 Å². The molecule has 0 radical (unpaired) electrons. The summed E-state index contributed by atoms with van der Waals surface area (Å²) >= 11 is 1.47. The Bertz CT molecular complexity index is 1280. The molecule has 4 rings (SSSR count). The molecular formula is C21H23N5O4S. The van der Waals surface area contributed by atoms with Gasteiger partial charge in [0, 0.05) is 25.2 Å². The SMILES string of the molecule is Cn1c(=O)c2cc(C(=O)NNC(=O)c3cc4c(s3)CCCCCC4)cnc2n(C)c1=O. The van der Waals surface area contributed by atoms with E-state index in [1.54, 1.807) is 0 Å². The van der Waals surface area contributed by atoms with E-state index >= 15 is 0 Å². The van der Waals surface area contributed by atoms with Crippen molar-refractivity contribution in [3.63, 3.8) is 0 Å². The summed E-state index contributed by atoms with van der Waals surface area (Å²) in [6, 6.07) is 3.27. The molecule has 2 amide bonds. The van der Waals surface area contributed by atoms with Crippen molar-refractivity contribution in [1.29, 1.82) is 0 Å². The Kier molecular flexibility index (Phi) is 5.73. The predicted molar refractivity (Wildman–Crippen MR) is 117 cm³/mol. The van der Waals surface area contributed by atoms with Crippen molar-refractivity contribution < 1.29 is 9.59 Å². The van der Waals surface area contributed by atoms with Gasteiger partial charge in [0.05, 0.1) is 15.8 Å². The number of thiophene rings is 1. The molecule has 9 nitrogen and oxygen atoms in total. The van der Waals surface area contributed by atoms with Gasteiger partial charge < -0.3 is 0 Å². The van der Waals surface area contributed by atoms with Gasteiger partial charge in [-0.15, -0.1) is 11.3 Å². The topological polar surface area (TPSA) is 115 Å². The molecule has 0 bridgehead atoms. The van der Waals surface area contributed by atoms with Gasteiger partial charge in [0.2, 0.25) is 0 Å². The summed E-state index contributed by atoms with van der Waals surface area (Å²) in [5.74, 6) is -0.981. The van der Waals surface area contributed by atoms with Crippen molar-refractivity contribution in [2.75, 3.05) is 0 Å². The number of carbonyl (C=O) groups is 2. The van der Waals surface area contributed by atoms with Gasteiger partial charge in [-0.3, -0.25) is 34.4 Å². The molecule has 2 N–H and O–H groups in total. The number of aromatic nitrogens is 3. The first-order chi connectivity index (χ1) is 14.9. The van der Waals surface area contributed by atoms with E-state index in [0.29, 0.717) is 4.88 Å². The lowest BCUT2D eigenvalue weighted by Gasteiger charge is -2.09. The van der Waals surface area contributed by atoms with Crippen molar-refractivity contribution in [3.8, 4) is 0 Å². The van der Waals surface area contributed by atoms with Gasteiger partial charge in [-0.2, -0.15) is 0 Å². The molecule has 3 aromatic rings. The Morgan fingerprint density at radius 3 is 2.45 bits per heavy atom. The summed E-state index contributed by atoms with van der Waals surface area (Å²) in [6.45, 7) is 0. The van der Waals surface area contributed by atoms with E-state index in [1.165, 1.54) is 65.5 Å². The quantitative estimate of drug-likeness (QED) is 0.584. The number of hydrogen-bond donors (Lipinski definition) is 2. The maximum atomic E-state index is 12.5. The molecule has 1 aliphatic rings. The summed E-state index contributed by atoms with van der Waals surface area (Å²) in [5.41, 5.74) is 5.28. The average Bonchev–Trinajstić information content (AvgIpc) is 3.15. The van der Waals surface area contributed by atoms with Crippen LogP contribution in [0, 0.1) is 0 Å². The summed E-state index contributed by atoms with van der Waals surface area (Å²) in [7, 11) is 2.86. The molecular weight excluding hydrogens is 418 g/mol. The van der Waals surface area contributed by atoms with E-state index in [2.05, 4.69) is 15.8 Å². The zero-order valence-corrected chi connectivity index (χ0v) is 18.2. The highest BCUT2D eigenvalue weighted by atomic mass is 32.1. The molecule has 0 aromatic carbocycles. The normalized spacial score (nSPS) is 13.9. The minimum absolute atomic E-state index is 0.0991. The van der Waals surface area contributed by atoms with E-state index in [4.69, 9.17) is 0 Å². The minimum atomic E-state index is -0.603. The van der Waals surface area contributed by atoms with Gasteiger partial charge in [-0.25, -0.2) is 9.78 Å².